The number of carbonyl (C=O) groups is 2. The van der Waals surface area contributed by atoms with E-state index in [2.05, 4.69) is 72.8 Å². The second kappa shape index (κ2) is 14.1. The molecule has 3 aromatic carbocycles. The van der Waals surface area contributed by atoms with Crippen molar-refractivity contribution in [2.45, 2.75) is 79.1 Å². The van der Waals surface area contributed by atoms with E-state index in [0.29, 0.717) is 34.3 Å². The van der Waals surface area contributed by atoms with Gasteiger partial charge in [-0.1, -0.05) is 67.0 Å². The van der Waals surface area contributed by atoms with Gasteiger partial charge in [0.05, 0.1) is 14.2 Å². The number of methoxy groups -OCH3 is 2. The maximum atomic E-state index is 12.5. The van der Waals surface area contributed by atoms with Gasteiger partial charge in [0, 0.05) is 27.4 Å². The van der Waals surface area contributed by atoms with Crippen LogP contribution in [0, 0.1) is 0 Å². The Bertz CT molecular complexity index is 1430. The first-order valence-corrected chi connectivity index (χ1v) is 14.9. The highest BCUT2D eigenvalue weighted by molar-refractivity contribution is 6.36. The molecule has 1 aliphatic heterocycles. The molecule has 0 bridgehead atoms. The first kappa shape index (κ1) is 32.9. The van der Waals surface area contributed by atoms with Gasteiger partial charge in [-0.25, -0.2) is 0 Å². The van der Waals surface area contributed by atoms with Gasteiger partial charge < -0.3 is 14.8 Å². The third-order valence-corrected chi connectivity index (χ3v) is 7.68. The summed E-state index contributed by atoms with van der Waals surface area (Å²) in [6.45, 7) is 17.0. The van der Waals surface area contributed by atoms with Gasteiger partial charge in [-0.2, -0.15) is 0 Å². The van der Waals surface area contributed by atoms with Crippen molar-refractivity contribution in [1.29, 1.82) is 0 Å². The number of amides is 1. The van der Waals surface area contributed by atoms with E-state index in [4.69, 9.17) is 21.1 Å². The smallest absolute Gasteiger partial charge is 0.256 e. The summed E-state index contributed by atoms with van der Waals surface area (Å²) in [7, 11) is 3.40. The molecule has 0 atom stereocenters. The van der Waals surface area contributed by atoms with Crippen LogP contribution >= 0.6 is 11.6 Å². The molecular weight excluding hydrogens is 546 g/mol. The molecule has 0 radical (unpaired) electrons. The molecule has 1 amide bonds. The second-order valence-corrected chi connectivity index (χ2v) is 12.3. The van der Waals surface area contributed by atoms with E-state index in [-0.39, 0.29) is 5.91 Å². The lowest BCUT2D eigenvalue weighted by atomic mass is 9.90. The molecule has 0 unspecified atom stereocenters. The fraction of sp³-hybridized carbons (Fsp3) is 0.389. The predicted octanol–water partition coefficient (Wildman–Crippen LogP) is 9.84. The summed E-state index contributed by atoms with van der Waals surface area (Å²) < 4.78 is 11.2. The van der Waals surface area contributed by atoms with Gasteiger partial charge in [-0.05, 0) is 100 Å². The molecule has 0 fully saturated rings. The van der Waals surface area contributed by atoms with Crippen LogP contribution in [0.2, 0.25) is 5.02 Å². The van der Waals surface area contributed by atoms with Crippen LogP contribution in [0.1, 0.15) is 123 Å². The van der Waals surface area contributed by atoms with Crippen LogP contribution in [0.4, 0.5) is 5.69 Å². The average Bonchev–Trinajstić information content (AvgIpc) is 3.25. The lowest BCUT2D eigenvalue weighted by Gasteiger charge is -2.19. The normalized spacial score (nSPS) is 13.4. The Labute approximate surface area is 256 Å². The van der Waals surface area contributed by atoms with E-state index in [1.807, 2.05) is 30.3 Å². The van der Waals surface area contributed by atoms with Gasteiger partial charge in [0.1, 0.15) is 17.8 Å². The Morgan fingerprint density at radius 3 is 1.50 bits per heavy atom. The fourth-order valence-corrected chi connectivity index (χ4v) is 5.38. The molecule has 5 nitrogen and oxygen atoms in total. The lowest BCUT2D eigenvalue weighted by Crippen LogP contribution is -2.04. The minimum atomic E-state index is -0.102. The maximum Gasteiger partial charge on any atom is 0.256 e. The van der Waals surface area contributed by atoms with Crippen LogP contribution in [0.5, 0.6) is 11.5 Å². The van der Waals surface area contributed by atoms with Crippen molar-refractivity contribution in [2.24, 2.45) is 0 Å². The van der Waals surface area contributed by atoms with Crippen molar-refractivity contribution in [1.82, 2.24) is 0 Å². The van der Waals surface area contributed by atoms with Crippen LogP contribution in [-0.2, 0) is 4.79 Å². The van der Waals surface area contributed by atoms with Gasteiger partial charge in [-0.15, -0.1) is 0 Å². The average molecular weight is 590 g/mol. The Hall–Kier alpha value is -3.57. The molecule has 0 aromatic heterocycles. The van der Waals surface area contributed by atoms with Crippen LogP contribution in [0.3, 0.4) is 0 Å². The number of hydrogen-bond donors (Lipinski definition) is 1. The number of nitrogens with one attached hydrogen (secondary N) is 1. The molecule has 1 aliphatic rings. The number of benzene rings is 3. The van der Waals surface area contributed by atoms with E-state index in [1.165, 1.54) is 0 Å². The molecule has 0 spiro atoms. The molecule has 0 aliphatic carbocycles. The number of halogens is 1. The highest BCUT2D eigenvalue weighted by Crippen LogP contribution is 2.39. The molecule has 6 heteroatoms. The summed E-state index contributed by atoms with van der Waals surface area (Å²) in [4.78, 5) is 23.4. The summed E-state index contributed by atoms with van der Waals surface area (Å²) in [6.07, 6.45) is 2.84. The lowest BCUT2D eigenvalue weighted by molar-refractivity contribution is -0.110. The summed E-state index contributed by atoms with van der Waals surface area (Å²) in [5.41, 5.74) is 8.52. The summed E-state index contributed by atoms with van der Waals surface area (Å²) in [5, 5.41) is 3.52. The number of anilines is 1. The van der Waals surface area contributed by atoms with Crippen molar-refractivity contribution in [3.63, 3.8) is 0 Å². The topological polar surface area (TPSA) is 64.6 Å². The van der Waals surface area contributed by atoms with Crippen LogP contribution in [0.15, 0.2) is 42.5 Å². The van der Waals surface area contributed by atoms with Crippen LogP contribution in [0.25, 0.3) is 11.6 Å². The van der Waals surface area contributed by atoms with Crippen molar-refractivity contribution in [3.05, 3.63) is 86.4 Å². The molecule has 3 aromatic rings. The highest BCUT2D eigenvalue weighted by Gasteiger charge is 2.25. The molecule has 4 rings (SSSR count). The minimum absolute atomic E-state index is 0.102. The SMILES string of the molecule is COc1c(C(C)C)cc(C=C2C(=O)Nc3ccc(Cl)cc32)cc1C(C)C.COc1c(C(C)C)cc(C=O)cc1C(C)C. The van der Waals surface area contributed by atoms with Crippen molar-refractivity contribution in [3.8, 4) is 11.5 Å². The number of ether oxygens (including phenoxy) is 2. The first-order chi connectivity index (χ1) is 19.8. The zero-order valence-corrected chi connectivity index (χ0v) is 27.3. The van der Waals surface area contributed by atoms with Gasteiger partial charge in [-0.3, -0.25) is 9.59 Å². The number of carbonyl (C=O) groups excluding carboxylic acids is 2. The molecule has 224 valence electrons. The van der Waals surface area contributed by atoms with E-state index in [1.54, 1.807) is 20.3 Å². The second-order valence-electron chi connectivity index (χ2n) is 11.9. The molecule has 0 saturated heterocycles. The Morgan fingerprint density at radius 2 is 1.12 bits per heavy atom. The molecule has 1 N–H and O–H groups in total. The molecular formula is C36H44ClNO4. The largest absolute Gasteiger partial charge is 0.496 e. The van der Waals surface area contributed by atoms with Crippen LogP contribution < -0.4 is 14.8 Å². The van der Waals surface area contributed by atoms with E-state index >= 15 is 0 Å². The van der Waals surface area contributed by atoms with Crippen molar-refractivity contribution < 1.29 is 19.1 Å². The summed E-state index contributed by atoms with van der Waals surface area (Å²) >= 11 is 6.13. The molecule has 0 saturated carbocycles. The third kappa shape index (κ3) is 7.25. The van der Waals surface area contributed by atoms with E-state index in [0.717, 1.165) is 62.4 Å². The van der Waals surface area contributed by atoms with Gasteiger partial charge in [0.2, 0.25) is 0 Å². The van der Waals surface area contributed by atoms with Crippen molar-refractivity contribution >= 4 is 41.1 Å². The Balaban J connectivity index is 0.000000260. The van der Waals surface area contributed by atoms with Gasteiger partial charge in [0.25, 0.3) is 5.91 Å². The maximum absolute atomic E-state index is 12.5. The van der Waals surface area contributed by atoms with E-state index in [9.17, 15) is 9.59 Å². The first-order valence-electron chi connectivity index (χ1n) is 14.5. The Morgan fingerprint density at radius 1 is 0.690 bits per heavy atom. The van der Waals surface area contributed by atoms with Gasteiger partial charge in [0.15, 0.2) is 0 Å². The zero-order chi connectivity index (χ0) is 31.3. The van der Waals surface area contributed by atoms with E-state index < -0.39 is 0 Å². The highest BCUT2D eigenvalue weighted by atomic mass is 35.5. The molecule has 1 heterocycles. The van der Waals surface area contributed by atoms with Gasteiger partial charge >= 0.3 is 0 Å². The quantitative estimate of drug-likeness (QED) is 0.210. The number of fused-ring (bicyclic) bond motifs is 1. The summed E-state index contributed by atoms with van der Waals surface area (Å²) in [6, 6.07) is 13.5. The molecule has 42 heavy (non-hydrogen) atoms. The standard InChI is InChI=1S/C22H24ClNO2.C14H20O2/c1-12(2)16-8-14(9-17(13(3)4)21(16)26-5)10-19-18-11-15(23)6-7-20(18)24-22(19)25;1-9(2)12-6-11(8-15)7-13(10(3)4)14(12)16-5/h6-13H,1-5H3,(H,24,25);6-10H,1-5H3. The number of rotatable bonds is 8. The fourth-order valence-electron chi connectivity index (χ4n) is 5.21. The summed E-state index contributed by atoms with van der Waals surface area (Å²) in [5.74, 6) is 3.11. The van der Waals surface area contributed by atoms with Crippen LogP contribution in [-0.4, -0.2) is 26.4 Å². The predicted molar refractivity (Wildman–Crippen MR) is 176 cm³/mol. The minimum Gasteiger partial charge on any atom is -0.496 e. The number of hydrogen-bond acceptors (Lipinski definition) is 4. The monoisotopic (exact) mass is 589 g/mol. The Kier molecular flexibility index (Phi) is 11.0. The zero-order valence-electron chi connectivity index (χ0n) is 26.5. The third-order valence-electron chi connectivity index (χ3n) is 7.45. The number of aldehydes is 1. The van der Waals surface area contributed by atoms with Crippen molar-refractivity contribution in [2.75, 3.05) is 19.5 Å².